The number of pyridine rings is 2. The molecule has 214 valence electrons. The minimum absolute atomic E-state index is 0.0137. The number of nitrogen functional groups attached to an aromatic ring is 1. The molecule has 12 nitrogen and oxygen atoms in total. The highest BCUT2D eigenvalue weighted by atomic mass is 35.5. The standard InChI is InChI=1S/C25H20ClF2N4O8P/c1-2-38-19-8-10-32(14-4-6-18(16(28)12-14)40-41(35,36)37)25(34)21(19)24(33)31-13-3-5-17(15(27)11-13)39-20-7-9-30-23(29)22(20)26/h3-12H,2H2,1H3,(H2,29,30)(H,31,33)(H2,35,36,37). The van der Waals surface area contributed by atoms with Crippen LogP contribution in [0, 0.1) is 11.6 Å². The van der Waals surface area contributed by atoms with Gasteiger partial charge in [0, 0.05) is 36.3 Å². The second kappa shape index (κ2) is 11.9. The van der Waals surface area contributed by atoms with E-state index in [4.69, 9.17) is 36.6 Å². The number of hydrogen-bond donors (Lipinski definition) is 4. The third kappa shape index (κ3) is 6.81. The van der Waals surface area contributed by atoms with Gasteiger partial charge in [-0.3, -0.25) is 23.9 Å². The number of hydrogen-bond acceptors (Lipinski definition) is 8. The summed E-state index contributed by atoms with van der Waals surface area (Å²) in [6.45, 7) is 1.72. The minimum atomic E-state index is -5.03. The Morgan fingerprint density at radius 1 is 1.07 bits per heavy atom. The van der Waals surface area contributed by atoms with Gasteiger partial charge in [-0.1, -0.05) is 11.6 Å². The molecule has 0 saturated heterocycles. The molecule has 0 spiro atoms. The number of phosphoric acid groups is 1. The number of carbonyl (C=O) groups is 1. The molecule has 4 rings (SSSR count). The van der Waals surface area contributed by atoms with Gasteiger partial charge in [-0.05, 0) is 37.3 Å². The van der Waals surface area contributed by atoms with E-state index in [1.807, 2.05) is 0 Å². The molecule has 0 aliphatic carbocycles. The molecular weight excluding hydrogens is 589 g/mol. The second-order valence-corrected chi connectivity index (χ2v) is 9.61. The molecule has 0 aliphatic rings. The molecule has 2 heterocycles. The molecule has 16 heteroatoms. The fourth-order valence-corrected chi connectivity index (χ4v) is 4.10. The maximum absolute atomic E-state index is 14.8. The SMILES string of the molecule is CCOc1ccn(-c2ccc(OP(=O)(O)O)c(F)c2)c(=O)c1C(=O)Nc1ccc(Oc2ccnc(N)c2Cl)c(F)c1. The number of carbonyl (C=O) groups excluding carboxylic acids is 1. The van der Waals surface area contributed by atoms with Crippen LogP contribution in [0.2, 0.25) is 5.02 Å². The van der Waals surface area contributed by atoms with Gasteiger partial charge in [0.05, 0.1) is 12.3 Å². The number of halogens is 3. The van der Waals surface area contributed by atoms with Gasteiger partial charge in [-0.2, -0.15) is 0 Å². The lowest BCUT2D eigenvalue weighted by Gasteiger charge is -2.15. The van der Waals surface area contributed by atoms with Crippen LogP contribution in [0.4, 0.5) is 20.3 Å². The van der Waals surface area contributed by atoms with Crippen LogP contribution in [-0.2, 0) is 4.57 Å². The van der Waals surface area contributed by atoms with E-state index in [-0.39, 0.29) is 46.1 Å². The van der Waals surface area contributed by atoms with E-state index in [9.17, 15) is 22.9 Å². The Morgan fingerprint density at radius 2 is 1.78 bits per heavy atom. The van der Waals surface area contributed by atoms with Crippen LogP contribution in [0.3, 0.4) is 0 Å². The fourth-order valence-electron chi connectivity index (χ4n) is 3.54. The second-order valence-electron chi connectivity index (χ2n) is 8.07. The number of rotatable bonds is 9. The first-order valence-corrected chi connectivity index (χ1v) is 13.4. The van der Waals surface area contributed by atoms with Crippen molar-refractivity contribution in [3.8, 4) is 28.7 Å². The lowest BCUT2D eigenvalue weighted by atomic mass is 10.2. The van der Waals surface area contributed by atoms with Crippen molar-refractivity contribution in [1.82, 2.24) is 9.55 Å². The van der Waals surface area contributed by atoms with Crippen molar-refractivity contribution in [3.63, 3.8) is 0 Å². The van der Waals surface area contributed by atoms with E-state index in [1.165, 1.54) is 36.7 Å². The van der Waals surface area contributed by atoms with Gasteiger partial charge in [0.1, 0.15) is 22.2 Å². The molecule has 0 unspecified atom stereocenters. The Hall–Kier alpha value is -4.49. The summed E-state index contributed by atoms with van der Waals surface area (Å²) in [4.78, 5) is 48.1. The number of ether oxygens (including phenoxy) is 2. The first-order valence-electron chi connectivity index (χ1n) is 11.5. The lowest BCUT2D eigenvalue weighted by Crippen LogP contribution is -2.29. The van der Waals surface area contributed by atoms with Crippen molar-refractivity contribution in [3.05, 3.63) is 93.5 Å². The molecule has 4 aromatic rings. The molecule has 0 bridgehead atoms. The van der Waals surface area contributed by atoms with Crippen molar-refractivity contribution < 1.29 is 41.9 Å². The number of anilines is 2. The van der Waals surface area contributed by atoms with Crippen LogP contribution in [0.15, 0.2) is 65.7 Å². The molecule has 5 N–H and O–H groups in total. The van der Waals surface area contributed by atoms with Gasteiger partial charge >= 0.3 is 7.82 Å². The van der Waals surface area contributed by atoms with Crippen molar-refractivity contribution in [2.45, 2.75) is 6.92 Å². The number of aromatic nitrogens is 2. The molecule has 0 atom stereocenters. The summed E-state index contributed by atoms with van der Waals surface area (Å²) in [7, 11) is -5.03. The van der Waals surface area contributed by atoms with Crippen LogP contribution in [-0.4, -0.2) is 31.9 Å². The first kappa shape index (κ1) is 29.5. The average Bonchev–Trinajstić information content (AvgIpc) is 2.89. The van der Waals surface area contributed by atoms with E-state index >= 15 is 0 Å². The zero-order valence-corrected chi connectivity index (χ0v) is 22.5. The van der Waals surface area contributed by atoms with Crippen LogP contribution in [0.5, 0.6) is 23.0 Å². The van der Waals surface area contributed by atoms with E-state index in [0.717, 1.165) is 28.8 Å². The summed E-state index contributed by atoms with van der Waals surface area (Å²) in [6.07, 6.45) is 2.54. The third-order valence-electron chi connectivity index (χ3n) is 5.28. The molecule has 2 aromatic carbocycles. The summed E-state index contributed by atoms with van der Waals surface area (Å²) in [5.74, 6) is -4.06. The summed E-state index contributed by atoms with van der Waals surface area (Å²) in [6, 6.07) is 8.99. The molecule has 1 amide bonds. The number of nitrogens with zero attached hydrogens (tertiary/aromatic N) is 2. The van der Waals surface area contributed by atoms with Crippen LogP contribution in [0.1, 0.15) is 17.3 Å². The highest BCUT2D eigenvalue weighted by molar-refractivity contribution is 7.46. The summed E-state index contributed by atoms with van der Waals surface area (Å²) < 4.78 is 56.3. The summed E-state index contributed by atoms with van der Waals surface area (Å²) in [5.41, 5.74) is 4.08. The number of phosphoric ester groups is 1. The molecule has 0 fully saturated rings. The Morgan fingerprint density at radius 3 is 2.44 bits per heavy atom. The van der Waals surface area contributed by atoms with Crippen LogP contribution < -0.4 is 30.6 Å². The van der Waals surface area contributed by atoms with Crippen molar-refractivity contribution >= 4 is 36.8 Å². The van der Waals surface area contributed by atoms with E-state index in [2.05, 4.69) is 14.8 Å². The van der Waals surface area contributed by atoms with Gasteiger partial charge in [0.15, 0.2) is 28.9 Å². The van der Waals surface area contributed by atoms with E-state index in [0.29, 0.717) is 0 Å². The summed E-state index contributed by atoms with van der Waals surface area (Å²) in [5, 5.41) is 2.39. The van der Waals surface area contributed by atoms with Crippen molar-refractivity contribution in [2.75, 3.05) is 17.7 Å². The molecular formula is C25H20ClF2N4O8P. The van der Waals surface area contributed by atoms with Crippen LogP contribution in [0.25, 0.3) is 5.69 Å². The molecule has 0 radical (unpaired) electrons. The smallest absolute Gasteiger partial charge is 0.493 e. The predicted octanol–water partition coefficient (Wildman–Crippen LogP) is 4.66. The molecule has 2 aromatic heterocycles. The zero-order chi connectivity index (χ0) is 29.9. The van der Waals surface area contributed by atoms with Crippen LogP contribution >= 0.6 is 19.4 Å². The number of amides is 1. The Balaban J connectivity index is 1.64. The maximum Gasteiger partial charge on any atom is 0.524 e. The Bertz CT molecular complexity index is 1750. The fraction of sp³-hybridized carbons (Fsp3) is 0.0800. The highest BCUT2D eigenvalue weighted by Crippen LogP contribution is 2.39. The number of nitrogens with two attached hydrogens (primary N) is 1. The normalized spacial score (nSPS) is 11.2. The highest BCUT2D eigenvalue weighted by Gasteiger charge is 2.23. The topological polar surface area (TPSA) is 175 Å². The predicted molar refractivity (Wildman–Crippen MR) is 144 cm³/mol. The minimum Gasteiger partial charge on any atom is -0.493 e. The number of benzene rings is 2. The molecule has 0 saturated carbocycles. The van der Waals surface area contributed by atoms with Gasteiger partial charge in [0.2, 0.25) is 0 Å². The van der Waals surface area contributed by atoms with Crippen molar-refractivity contribution in [1.29, 1.82) is 0 Å². The van der Waals surface area contributed by atoms with Gasteiger partial charge in [-0.25, -0.2) is 18.3 Å². The number of nitrogens with one attached hydrogen (secondary N) is 1. The van der Waals surface area contributed by atoms with Gasteiger partial charge in [0.25, 0.3) is 11.5 Å². The van der Waals surface area contributed by atoms with Crippen molar-refractivity contribution in [2.24, 2.45) is 0 Å². The zero-order valence-electron chi connectivity index (χ0n) is 20.9. The maximum atomic E-state index is 14.8. The molecule has 0 aliphatic heterocycles. The van der Waals surface area contributed by atoms with Gasteiger partial charge < -0.3 is 25.0 Å². The Labute approximate surface area is 235 Å². The molecule has 41 heavy (non-hydrogen) atoms. The van der Waals surface area contributed by atoms with Gasteiger partial charge in [-0.15, -0.1) is 0 Å². The van der Waals surface area contributed by atoms with E-state index < -0.39 is 42.2 Å². The average molecular weight is 609 g/mol. The monoisotopic (exact) mass is 608 g/mol. The summed E-state index contributed by atoms with van der Waals surface area (Å²) >= 11 is 6.02. The largest absolute Gasteiger partial charge is 0.524 e. The first-order chi connectivity index (χ1) is 19.4. The lowest BCUT2D eigenvalue weighted by molar-refractivity contribution is 0.102. The quantitative estimate of drug-likeness (QED) is 0.196. The van der Waals surface area contributed by atoms with E-state index in [1.54, 1.807) is 6.92 Å². The third-order valence-corrected chi connectivity index (χ3v) is 6.10. The Kier molecular flexibility index (Phi) is 8.59.